The maximum Gasteiger partial charge on any atom is 0.324 e. The summed E-state index contributed by atoms with van der Waals surface area (Å²) in [6.45, 7) is 15.5. The van der Waals surface area contributed by atoms with E-state index in [1.54, 1.807) is 18.2 Å². The third-order valence-electron chi connectivity index (χ3n) is 13.4. The summed E-state index contributed by atoms with van der Waals surface area (Å²) in [6.07, 6.45) is 3.28. The predicted molar refractivity (Wildman–Crippen MR) is 241 cm³/mol. The number of nitrogens with one attached hydrogen (secondary N) is 2. The first-order chi connectivity index (χ1) is 30.7. The van der Waals surface area contributed by atoms with E-state index in [2.05, 4.69) is 73.0 Å². The number of fused-ring (bicyclic) bond motifs is 6. The summed E-state index contributed by atoms with van der Waals surface area (Å²) in [5.41, 5.74) is 10.4. The molecule has 14 heteroatoms. The molecule has 2 aromatic heterocycles. The number of ether oxygens (including phenoxy) is 3. The lowest BCUT2D eigenvalue weighted by Crippen LogP contribution is -2.61. The lowest BCUT2D eigenvalue weighted by Gasteiger charge is -2.40. The Morgan fingerprint density at radius 1 is 1.08 bits per heavy atom. The highest BCUT2D eigenvalue weighted by Gasteiger charge is 2.49. The van der Waals surface area contributed by atoms with Crippen LogP contribution in [0.2, 0.25) is 0 Å². The Morgan fingerprint density at radius 2 is 1.86 bits per heavy atom. The van der Waals surface area contributed by atoms with E-state index >= 15 is 0 Å². The minimum Gasteiger partial charge on any atom is -0.464 e. The molecule has 2 aromatic carbocycles. The fraction of sp³-hybridized carbons (Fsp3) is 0.480. The SMILES string of the molecule is C=CC(=O)N1CC(O[C@@H]2C(=O)C[C@H](C)[C@H]2C(=O)N[C@H]2Cc3cccc(c3)-c3ccc4c(c3)c(c(-c3cccnc3[C@H](C)OC)n4CC)CC(C)(C)COC(=O)[C@@H]3CCCN(N3)C2=O)C1. The first-order valence-corrected chi connectivity index (χ1v) is 22.6. The van der Waals surface area contributed by atoms with Crippen molar-refractivity contribution in [3.05, 3.63) is 90.3 Å². The van der Waals surface area contributed by atoms with Gasteiger partial charge < -0.3 is 29.0 Å². The Labute approximate surface area is 374 Å². The van der Waals surface area contributed by atoms with Gasteiger partial charge in [-0.15, -0.1) is 0 Å². The summed E-state index contributed by atoms with van der Waals surface area (Å²) in [5, 5.41) is 5.55. The highest BCUT2D eigenvalue weighted by atomic mass is 16.5. The van der Waals surface area contributed by atoms with Crippen LogP contribution in [0, 0.1) is 17.3 Å². The number of carbonyl (C=O) groups is 5. The van der Waals surface area contributed by atoms with Crippen LogP contribution < -0.4 is 10.7 Å². The third kappa shape index (κ3) is 8.87. The Balaban J connectivity index is 1.18. The molecule has 5 heterocycles. The number of esters is 1. The molecule has 0 unspecified atom stereocenters. The van der Waals surface area contributed by atoms with Crippen molar-refractivity contribution in [1.82, 2.24) is 30.2 Å². The van der Waals surface area contributed by atoms with Crippen LogP contribution >= 0.6 is 0 Å². The van der Waals surface area contributed by atoms with E-state index in [4.69, 9.17) is 19.2 Å². The number of nitrogens with zero attached hydrogens (tertiary/aromatic N) is 4. The first-order valence-electron chi connectivity index (χ1n) is 22.6. The Bertz CT molecular complexity index is 2470. The molecule has 14 nitrogen and oxygen atoms in total. The van der Waals surface area contributed by atoms with E-state index in [0.29, 0.717) is 45.4 Å². The molecule has 6 atom stereocenters. The number of Topliss-reactive ketones (excluding diaryl/α,β-unsaturated/α-hetero) is 1. The van der Waals surface area contributed by atoms with Gasteiger partial charge in [0.15, 0.2) is 5.78 Å². The van der Waals surface area contributed by atoms with Crippen LogP contribution in [0.25, 0.3) is 33.3 Å². The maximum atomic E-state index is 14.6. The summed E-state index contributed by atoms with van der Waals surface area (Å²) >= 11 is 0. The zero-order chi connectivity index (χ0) is 45.4. The predicted octanol–water partition coefficient (Wildman–Crippen LogP) is 5.75. The molecule has 3 amide bonds. The van der Waals surface area contributed by atoms with Crippen molar-refractivity contribution < 1.29 is 38.2 Å². The number of hydrazine groups is 1. The number of rotatable bonds is 9. The summed E-state index contributed by atoms with van der Waals surface area (Å²) < 4.78 is 20.5. The van der Waals surface area contributed by atoms with Gasteiger partial charge in [-0.3, -0.25) is 34.0 Å². The maximum absolute atomic E-state index is 14.6. The van der Waals surface area contributed by atoms with E-state index in [0.717, 1.165) is 50.1 Å². The quantitative estimate of drug-likeness (QED) is 0.157. The summed E-state index contributed by atoms with van der Waals surface area (Å²) in [4.78, 5) is 74.7. The van der Waals surface area contributed by atoms with Crippen LogP contribution in [-0.2, 0) is 57.6 Å². The summed E-state index contributed by atoms with van der Waals surface area (Å²) in [7, 11) is 1.69. The molecule has 1 saturated carbocycles. The Kier molecular flexibility index (Phi) is 12.9. The van der Waals surface area contributed by atoms with Crippen LogP contribution in [-0.4, -0.2) is 107 Å². The zero-order valence-electron chi connectivity index (χ0n) is 37.7. The Morgan fingerprint density at radius 3 is 2.61 bits per heavy atom. The van der Waals surface area contributed by atoms with E-state index in [9.17, 15) is 24.0 Å². The van der Waals surface area contributed by atoms with Gasteiger partial charge >= 0.3 is 5.97 Å². The molecule has 3 aliphatic heterocycles. The monoisotopic (exact) mass is 872 g/mol. The number of hydrogen-bond donors (Lipinski definition) is 2. The molecule has 2 saturated heterocycles. The van der Waals surface area contributed by atoms with Crippen LogP contribution in [0.15, 0.2) is 73.4 Å². The molecular weight excluding hydrogens is 813 g/mol. The van der Waals surface area contributed by atoms with Crippen molar-refractivity contribution in [2.24, 2.45) is 17.3 Å². The molecule has 3 fully saturated rings. The smallest absolute Gasteiger partial charge is 0.324 e. The molecular formula is C50H60N6O8. The number of ketones is 1. The zero-order valence-corrected chi connectivity index (χ0v) is 37.7. The molecule has 2 N–H and O–H groups in total. The lowest BCUT2D eigenvalue weighted by molar-refractivity contribution is -0.158. The molecule has 338 valence electrons. The van der Waals surface area contributed by atoms with Gasteiger partial charge in [0.05, 0.1) is 36.1 Å². The average Bonchev–Trinajstić information content (AvgIpc) is 3.75. The number of aromatic nitrogens is 2. The molecule has 6 bridgehead atoms. The average molecular weight is 873 g/mol. The van der Waals surface area contributed by atoms with Gasteiger partial charge in [0, 0.05) is 74.2 Å². The molecule has 8 rings (SSSR count). The van der Waals surface area contributed by atoms with Crippen LogP contribution in [0.1, 0.15) is 76.8 Å². The van der Waals surface area contributed by atoms with Crippen molar-refractivity contribution in [1.29, 1.82) is 0 Å². The number of hydrogen-bond acceptors (Lipinski definition) is 10. The van der Waals surface area contributed by atoms with Gasteiger partial charge in [0.25, 0.3) is 5.91 Å². The highest BCUT2D eigenvalue weighted by molar-refractivity contribution is 5.97. The Hall–Kier alpha value is -5.70. The second-order valence-corrected chi connectivity index (χ2v) is 18.6. The third-order valence-corrected chi connectivity index (χ3v) is 13.4. The second kappa shape index (κ2) is 18.4. The number of benzene rings is 2. The van der Waals surface area contributed by atoms with E-state index in [1.165, 1.54) is 11.1 Å². The van der Waals surface area contributed by atoms with E-state index in [1.807, 2.05) is 38.1 Å². The number of methoxy groups -OCH3 is 1. The fourth-order valence-corrected chi connectivity index (χ4v) is 9.91. The number of aryl methyl sites for hydroxylation is 1. The fourth-order valence-electron chi connectivity index (χ4n) is 9.91. The molecule has 4 aliphatic rings. The van der Waals surface area contributed by atoms with Gasteiger partial charge in [0.1, 0.15) is 18.2 Å². The van der Waals surface area contributed by atoms with Crippen molar-refractivity contribution in [3.8, 4) is 22.4 Å². The molecule has 4 aromatic rings. The van der Waals surface area contributed by atoms with Crippen LogP contribution in [0.4, 0.5) is 0 Å². The van der Waals surface area contributed by atoms with Crippen LogP contribution in [0.5, 0.6) is 0 Å². The topological polar surface area (TPSA) is 161 Å². The second-order valence-electron chi connectivity index (χ2n) is 18.6. The number of carbonyl (C=O) groups excluding carboxylic acids is 5. The molecule has 0 spiro atoms. The lowest BCUT2D eigenvalue weighted by atomic mass is 9.84. The minimum atomic E-state index is -1.05. The molecule has 1 aliphatic carbocycles. The van der Waals surface area contributed by atoms with Gasteiger partial charge in [-0.05, 0) is 91.6 Å². The summed E-state index contributed by atoms with van der Waals surface area (Å²) in [6, 6.07) is 16.7. The van der Waals surface area contributed by atoms with Crippen molar-refractivity contribution >= 4 is 40.4 Å². The van der Waals surface area contributed by atoms with Crippen LogP contribution in [0.3, 0.4) is 0 Å². The highest BCUT2D eigenvalue weighted by Crippen LogP contribution is 2.42. The van der Waals surface area contributed by atoms with E-state index in [-0.39, 0.29) is 43.2 Å². The number of pyridine rings is 1. The van der Waals surface area contributed by atoms with Crippen molar-refractivity contribution in [2.45, 2.75) is 104 Å². The first kappa shape index (κ1) is 44.9. The van der Waals surface area contributed by atoms with Gasteiger partial charge in [-0.25, -0.2) is 5.43 Å². The minimum absolute atomic E-state index is 0.135. The largest absolute Gasteiger partial charge is 0.464 e. The number of cyclic esters (lactones) is 1. The van der Waals surface area contributed by atoms with Gasteiger partial charge in [-0.2, -0.15) is 0 Å². The normalized spacial score (nSPS) is 24.5. The summed E-state index contributed by atoms with van der Waals surface area (Å²) in [5.74, 6) is -2.90. The van der Waals surface area contributed by atoms with Crippen molar-refractivity contribution in [2.75, 3.05) is 33.4 Å². The van der Waals surface area contributed by atoms with Gasteiger partial charge in [0.2, 0.25) is 11.8 Å². The number of likely N-dealkylation sites (tertiary alicyclic amines) is 1. The number of amides is 3. The van der Waals surface area contributed by atoms with Gasteiger partial charge in [-0.1, -0.05) is 57.7 Å². The molecule has 64 heavy (non-hydrogen) atoms. The van der Waals surface area contributed by atoms with Crippen molar-refractivity contribution in [3.63, 3.8) is 0 Å². The standard InChI is InChI=1S/C50H60N6O8/c1-8-42(58)54-26-34(27-54)64-46-41(57)21-29(3)43(46)47(59)52-39-23-31-13-10-14-32(22-31)33-17-18-40-36(24-33)37(45(55(40)9-2)35-15-11-19-51-44(35)30(4)62-7)25-50(5,6)28-63-49(61)38-16-12-20-56(53-38)48(39)60/h8,10-11,13-15,17-19,22,24,29-30,34,38-39,43,46,53H,1,9,12,16,20-21,23,25-28H2,2-7H3,(H,52,59)/t29-,30-,38-,39-,43+,46+/m0/s1. The molecule has 0 radical (unpaired) electrons. The van der Waals surface area contributed by atoms with E-state index < -0.39 is 53.4 Å².